The number of nitrogens with zero attached hydrogens (tertiary/aromatic N) is 1. The van der Waals surface area contributed by atoms with Crippen molar-refractivity contribution in [2.24, 2.45) is 5.92 Å². The van der Waals surface area contributed by atoms with Gasteiger partial charge in [0, 0.05) is 20.2 Å². The number of piperidine rings is 2. The molecule has 0 spiro atoms. The van der Waals surface area contributed by atoms with E-state index < -0.39 is 0 Å². The summed E-state index contributed by atoms with van der Waals surface area (Å²) >= 11 is 0. The molecule has 2 heterocycles. The lowest BCUT2D eigenvalue weighted by Gasteiger charge is -2.36. The number of ether oxygens (including phenoxy) is 1. The van der Waals surface area contributed by atoms with Crippen LogP contribution >= 0.6 is 0 Å². The molecule has 0 bridgehead atoms. The molecule has 4 heteroatoms. The van der Waals surface area contributed by atoms with Gasteiger partial charge >= 0.3 is 0 Å². The van der Waals surface area contributed by atoms with Crippen LogP contribution in [-0.4, -0.2) is 49.7 Å². The standard InChI is InChI=1S/C13H24N2O2/c1-10-5-6-14-12(8-10)13(16)15-7-3-4-11(9-15)17-2/h10-12,14H,3-9H2,1-2H3. The Morgan fingerprint density at radius 1 is 1.41 bits per heavy atom. The normalized spacial score (nSPS) is 34.7. The molecule has 0 saturated carbocycles. The van der Waals surface area contributed by atoms with E-state index in [1.54, 1.807) is 7.11 Å². The van der Waals surface area contributed by atoms with E-state index in [2.05, 4.69) is 12.2 Å². The third kappa shape index (κ3) is 3.19. The summed E-state index contributed by atoms with van der Waals surface area (Å²) in [6, 6.07) is 0.0364. The minimum atomic E-state index is 0.0364. The molecule has 3 atom stereocenters. The highest BCUT2D eigenvalue weighted by Crippen LogP contribution is 2.19. The van der Waals surface area contributed by atoms with Crippen molar-refractivity contribution >= 4 is 5.91 Å². The van der Waals surface area contributed by atoms with Gasteiger partial charge in [0.1, 0.15) is 0 Å². The summed E-state index contributed by atoms with van der Waals surface area (Å²) in [4.78, 5) is 14.3. The minimum absolute atomic E-state index is 0.0364. The van der Waals surface area contributed by atoms with E-state index in [0.29, 0.717) is 5.92 Å². The van der Waals surface area contributed by atoms with Crippen LogP contribution in [0.5, 0.6) is 0 Å². The van der Waals surface area contributed by atoms with E-state index in [4.69, 9.17) is 4.74 Å². The van der Waals surface area contributed by atoms with Crippen LogP contribution in [0.1, 0.15) is 32.6 Å². The highest BCUT2D eigenvalue weighted by Gasteiger charge is 2.31. The lowest BCUT2D eigenvalue weighted by atomic mass is 9.93. The van der Waals surface area contributed by atoms with E-state index in [-0.39, 0.29) is 18.1 Å². The van der Waals surface area contributed by atoms with Crippen LogP contribution in [0.2, 0.25) is 0 Å². The van der Waals surface area contributed by atoms with Crippen molar-refractivity contribution in [3.63, 3.8) is 0 Å². The third-order valence-electron chi connectivity index (χ3n) is 3.99. The Kier molecular flexibility index (Phi) is 4.40. The van der Waals surface area contributed by atoms with Gasteiger partial charge in [0.2, 0.25) is 5.91 Å². The molecule has 0 aromatic carbocycles. The molecule has 1 amide bonds. The van der Waals surface area contributed by atoms with Gasteiger partial charge in [-0.25, -0.2) is 0 Å². The highest BCUT2D eigenvalue weighted by molar-refractivity contribution is 5.82. The van der Waals surface area contributed by atoms with Gasteiger partial charge < -0.3 is 15.0 Å². The fraction of sp³-hybridized carbons (Fsp3) is 0.923. The highest BCUT2D eigenvalue weighted by atomic mass is 16.5. The lowest BCUT2D eigenvalue weighted by molar-refractivity contribution is -0.138. The fourth-order valence-corrected chi connectivity index (χ4v) is 2.85. The van der Waals surface area contributed by atoms with Gasteiger partial charge in [-0.15, -0.1) is 0 Å². The average molecular weight is 240 g/mol. The van der Waals surface area contributed by atoms with Crippen molar-refractivity contribution in [3.05, 3.63) is 0 Å². The first-order chi connectivity index (χ1) is 8.20. The van der Waals surface area contributed by atoms with Crippen LogP contribution in [0.3, 0.4) is 0 Å². The SMILES string of the molecule is COC1CCCN(C(=O)C2CC(C)CCN2)C1. The Bertz CT molecular complexity index is 270. The van der Waals surface area contributed by atoms with Gasteiger partial charge in [-0.3, -0.25) is 4.79 Å². The van der Waals surface area contributed by atoms with Crippen molar-refractivity contribution in [1.82, 2.24) is 10.2 Å². The van der Waals surface area contributed by atoms with Gasteiger partial charge in [-0.2, -0.15) is 0 Å². The van der Waals surface area contributed by atoms with Gasteiger partial charge in [-0.1, -0.05) is 6.92 Å². The van der Waals surface area contributed by atoms with Crippen LogP contribution < -0.4 is 5.32 Å². The number of nitrogens with one attached hydrogen (secondary N) is 1. The molecule has 3 unspecified atom stereocenters. The van der Waals surface area contributed by atoms with Crippen LogP contribution in [0.4, 0.5) is 0 Å². The first kappa shape index (κ1) is 12.8. The van der Waals surface area contributed by atoms with Crippen molar-refractivity contribution in [1.29, 1.82) is 0 Å². The first-order valence-electron chi connectivity index (χ1n) is 6.75. The molecule has 4 nitrogen and oxygen atoms in total. The number of amides is 1. The zero-order chi connectivity index (χ0) is 12.3. The molecule has 2 fully saturated rings. The predicted molar refractivity (Wildman–Crippen MR) is 66.8 cm³/mol. The van der Waals surface area contributed by atoms with Gasteiger partial charge in [-0.05, 0) is 38.1 Å². The van der Waals surface area contributed by atoms with Crippen LogP contribution in [-0.2, 0) is 9.53 Å². The van der Waals surface area contributed by atoms with Crippen LogP contribution in [0, 0.1) is 5.92 Å². The number of carbonyl (C=O) groups is 1. The number of hydrogen-bond donors (Lipinski definition) is 1. The monoisotopic (exact) mass is 240 g/mol. The Balaban J connectivity index is 1.89. The summed E-state index contributed by atoms with van der Waals surface area (Å²) in [5.74, 6) is 0.937. The summed E-state index contributed by atoms with van der Waals surface area (Å²) in [6.07, 6.45) is 4.53. The largest absolute Gasteiger partial charge is 0.380 e. The molecule has 2 saturated heterocycles. The minimum Gasteiger partial charge on any atom is -0.380 e. The van der Waals surface area contributed by atoms with Crippen molar-refractivity contribution in [3.8, 4) is 0 Å². The number of carbonyl (C=O) groups excluding carboxylic acids is 1. The molecular weight excluding hydrogens is 216 g/mol. The maximum atomic E-state index is 12.4. The summed E-state index contributed by atoms with van der Waals surface area (Å²) in [6.45, 7) is 4.86. The zero-order valence-electron chi connectivity index (χ0n) is 10.9. The molecule has 0 aromatic rings. The predicted octanol–water partition coefficient (Wildman–Crippen LogP) is 1.01. The maximum Gasteiger partial charge on any atom is 0.239 e. The number of likely N-dealkylation sites (tertiary alicyclic amines) is 1. The second-order valence-electron chi connectivity index (χ2n) is 5.42. The lowest BCUT2D eigenvalue weighted by Crippen LogP contribution is -2.53. The molecule has 0 aliphatic carbocycles. The molecule has 2 aliphatic heterocycles. The van der Waals surface area contributed by atoms with Gasteiger partial charge in [0.15, 0.2) is 0 Å². The Morgan fingerprint density at radius 2 is 2.24 bits per heavy atom. The van der Waals surface area contributed by atoms with E-state index in [1.807, 2.05) is 4.90 Å². The van der Waals surface area contributed by atoms with Gasteiger partial charge in [0.05, 0.1) is 12.1 Å². The Hall–Kier alpha value is -0.610. The van der Waals surface area contributed by atoms with Crippen LogP contribution in [0.25, 0.3) is 0 Å². The molecule has 2 aliphatic rings. The summed E-state index contributed by atoms with van der Waals surface area (Å²) in [5.41, 5.74) is 0. The van der Waals surface area contributed by atoms with Gasteiger partial charge in [0.25, 0.3) is 0 Å². The molecule has 0 radical (unpaired) electrons. The smallest absolute Gasteiger partial charge is 0.239 e. The quantitative estimate of drug-likeness (QED) is 0.783. The first-order valence-corrected chi connectivity index (χ1v) is 6.75. The summed E-state index contributed by atoms with van der Waals surface area (Å²) < 4.78 is 5.37. The number of methoxy groups -OCH3 is 1. The second kappa shape index (κ2) is 5.83. The van der Waals surface area contributed by atoms with Crippen molar-refractivity contribution < 1.29 is 9.53 Å². The molecule has 1 N–H and O–H groups in total. The number of rotatable bonds is 2. The van der Waals surface area contributed by atoms with E-state index in [9.17, 15) is 4.79 Å². The maximum absolute atomic E-state index is 12.4. The molecule has 98 valence electrons. The molecule has 2 rings (SSSR count). The number of hydrogen-bond acceptors (Lipinski definition) is 3. The van der Waals surface area contributed by atoms with Crippen molar-refractivity contribution in [2.75, 3.05) is 26.7 Å². The molecule has 17 heavy (non-hydrogen) atoms. The Labute approximate surface area is 104 Å². The van der Waals surface area contributed by atoms with Crippen LogP contribution in [0.15, 0.2) is 0 Å². The summed E-state index contributed by atoms with van der Waals surface area (Å²) in [7, 11) is 1.74. The Morgan fingerprint density at radius 3 is 2.94 bits per heavy atom. The van der Waals surface area contributed by atoms with E-state index in [1.165, 1.54) is 6.42 Å². The fourth-order valence-electron chi connectivity index (χ4n) is 2.85. The average Bonchev–Trinajstić information content (AvgIpc) is 2.38. The van der Waals surface area contributed by atoms with Crippen molar-refractivity contribution in [2.45, 2.75) is 44.8 Å². The van der Waals surface area contributed by atoms with E-state index >= 15 is 0 Å². The van der Waals surface area contributed by atoms with E-state index in [0.717, 1.165) is 38.9 Å². The topological polar surface area (TPSA) is 41.6 Å². The summed E-state index contributed by atoms with van der Waals surface area (Å²) in [5, 5.41) is 3.35. The second-order valence-corrected chi connectivity index (χ2v) is 5.42. The third-order valence-corrected chi connectivity index (χ3v) is 3.99. The molecular formula is C13H24N2O2. The molecule has 0 aromatic heterocycles. The zero-order valence-corrected chi connectivity index (χ0v) is 10.9.